The smallest absolute Gasteiger partial charge is 0.250 e. The van der Waals surface area contributed by atoms with Gasteiger partial charge in [0.1, 0.15) is 0 Å². The van der Waals surface area contributed by atoms with Crippen molar-refractivity contribution in [3.05, 3.63) is 92.9 Å². The topological polar surface area (TPSA) is 72.2 Å². The number of nitrogens with zero attached hydrogens (tertiary/aromatic N) is 4. The first-order valence-electron chi connectivity index (χ1n) is 10.1. The number of thioether (sulfide) groups is 1. The molecule has 10 heteroatoms. The molecule has 0 spiro atoms. The van der Waals surface area contributed by atoms with E-state index in [0.29, 0.717) is 26.7 Å². The Morgan fingerprint density at radius 2 is 1.76 bits per heavy atom. The molecule has 1 heterocycles. The van der Waals surface area contributed by atoms with E-state index in [1.54, 1.807) is 25.1 Å². The first-order chi connectivity index (χ1) is 16.4. The third kappa shape index (κ3) is 5.88. The van der Waals surface area contributed by atoms with E-state index in [2.05, 4.69) is 36.7 Å². The van der Waals surface area contributed by atoms with Gasteiger partial charge in [0.15, 0.2) is 11.0 Å². The van der Waals surface area contributed by atoms with Crippen LogP contribution >= 0.6 is 50.9 Å². The molecule has 0 aliphatic carbocycles. The molecule has 0 aliphatic rings. The number of hydrogen-bond acceptors (Lipinski definition) is 5. The number of hydrazone groups is 1. The molecule has 172 valence electrons. The van der Waals surface area contributed by atoms with Gasteiger partial charge in [0.05, 0.1) is 21.5 Å². The van der Waals surface area contributed by atoms with Crippen molar-refractivity contribution in [1.29, 1.82) is 0 Å². The van der Waals surface area contributed by atoms with Crippen molar-refractivity contribution >= 4 is 62.5 Å². The number of para-hydroxylation sites is 1. The van der Waals surface area contributed by atoms with Crippen LogP contribution in [0, 0.1) is 0 Å². The summed E-state index contributed by atoms with van der Waals surface area (Å²) < 4.78 is 2.91. The second kappa shape index (κ2) is 11.2. The molecule has 4 aromatic rings. The third-order valence-corrected chi connectivity index (χ3v) is 6.96. The molecule has 0 bridgehead atoms. The molecule has 4 rings (SSSR count). The zero-order valence-corrected chi connectivity index (χ0v) is 21.8. The fourth-order valence-corrected chi connectivity index (χ4v) is 4.36. The lowest BCUT2D eigenvalue weighted by Gasteiger charge is -2.10. The molecule has 6 nitrogen and oxygen atoms in total. The van der Waals surface area contributed by atoms with Crippen LogP contribution in [0.15, 0.2) is 87.5 Å². The van der Waals surface area contributed by atoms with E-state index in [9.17, 15) is 4.79 Å². The predicted octanol–water partition coefficient (Wildman–Crippen LogP) is 6.64. The van der Waals surface area contributed by atoms with E-state index in [1.807, 2.05) is 59.2 Å². The quantitative estimate of drug-likeness (QED) is 0.153. The minimum Gasteiger partial charge on any atom is -0.272 e. The van der Waals surface area contributed by atoms with Gasteiger partial charge in [-0.2, -0.15) is 5.10 Å². The molecule has 0 unspecified atom stereocenters. The second-order valence-electron chi connectivity index (χ2n) is 7.13. The van der Waals surface area contributed by atoms with Crippen LogP contribution in [0.25, 0.3) is 17.1 Å². The molecule has 0 saturated carbocycles. The first-order valence-corrected chi connectivity index (χ1v) is 12.6. The van der Waals surface area contributed by atoms with Crippen LogP contribution in [0.3, 0.4) is 0 Å². The van der Waals surface area contributed by atoms with Crippen molar-refractivity contribution < 1.29 is 4.79 Å². The van der Waals surface area contributed by atoms with Crippen LogP contribution in [-0.4, -0.2) is 32.1 Å². The van der Waals surface area contributed by atoms with Crippen LogP contribution in [-0.2, 0) is 4.79 Å². The highest BCUT2D eigenvalue weighted by Crippen LogP contribution is 2.28. The third-order valence-electron chi connectivity index (χ3n) is 4.77. The molecular weight excluding hydrogens is 557 g/mol. The molecule has 1 amide bonds. The molecule has 34 heavy (non-hydrogen) atoms. The largest absolute Gasteiger partial charge is 0.272 e. The average molecular weight is 575 g/mol. The Labute approximate surface area is 219 Å². The van der Waals surface area contributed by atoms with Crippen molar-refractivity contribution in [2.75, 3.05) is 5.75 Å². The van der Waals surface area contributed by atoms with Gasteiger partial charge in [-0.3, -0.25) is 9.36 Å². The molecule has 3 aromatic carbocycles. The summed E-state index contributed by atoms with van der Waals surface area (Å²) in [5, 5.41) is 14.4. The fraction of sp³-hybridized carbons (Fsp3) is 0.0833. The number of hydrogen-bond donors (Lipinski definition) is 1. The number of rotatable bonds is 7. The Kier molecular flexibility index (Phi) is 8.05. The van der Waals surface area contributed by atoms with Gasteiger partial charge in [-0.25, -0.2) is 5.43 Å². The van der Waals surface area contributed by atoms with E-state index >= 15 is 0 Å². The lowest BCUT2D eigenvalue weighted by molar-refractivity contribution is -0.118. The number of halogens is 3. The van der Waals surface area contributed by atoms with Gasteiger partial charge in [0.25, 0.3) is 5.91 Å². The summed E-state index contributed by atoms with van der Waals surface area (Å²) in [7, 11) is 0. The Hall–Kier alpha value is -2.65. The van der Waals surface area contributed by atoms with E-state index in [4.69, 9.17) is 23.2 Å². The standard InChI is InChI=1S/C24H18BrCl2N5OS/c1-15(17-9-12-20(26)21(27)13-17)28-29-22(33)14-34-24-31-30-23(16-7-10-18(25)11-8-16)32(24)19-5-3-2-4-6-19/h2-13H,14H2,1H3,(H,29,33)/b28-15-. The number of aromatic nitrogens is 3. The summed E-state index contributed by atoms with van der Waals surface area (Å²) in [5.41, 5.74) is 5.78. The zero-order valence-electron chi connectivity index (χ0n) is 17.9. The number of benzene rings is 3. The van der Waals surface area contributed by atoms with Crippen LogP contribution in [0.2, 0.25) is 10.0 Å². The highest BCUT2D eigenvalue weighted by atomic mass is 79.9. The van der Waals surface area contributed by atoms with Gasteiger partial charge >= 0.3 is 0 Å². The maximum atomic E-state index is 12.5. The van der Waals surface area contributed by atoms with Crippen molar-refractivity contribution in [3.8, 4) is 17.1 Å². The van der Waals surface area contributed by atoms with Gasteiger partial charge in [-0.15, -0.1) is 10.2 Å². The van der Waals surface area contributed by atoms with E-state index in [1.165, 1.54) is 11.8 Å². The molecule has 0 aliphatic heterocycles. The Morgan fingerprint density at radius 1 is 1.03 bits per heavy atom. The fourth-order valence-electron chi connectivity index (χ4n) is 3.05. The maximum absolute atomic E-state index is 12.5. The van der Waals surface area contributed by atoms with Crippen molar-refractivity contribution in [2.24, 2.45) is 5.10 Å². The van der Waals surface area contributed by atoms with Gasteiger partial charge in [-0.1, -0.05) is 87.3 Å². The van der Waals surface area contributed by atoms with Crippen LogP contribution in [0.5, 0.6) is 0 Å². The highest BCUT2D eigenvalue weighted by Gasteiger charge is 2.17. The highest BCUT2D eigenvalue weighted by molar-refractivity contribution is 9.10. The van der Waals surface area contributed by atoms with Gasteiger partial charge in [0, 0.05) is 15.7 Å². The molecule has 0 atom stereocenters. The van der Waals surface area contributed by atoms with Crippen LogP contribution in [0.1, 0.15) is 12.5 Å². The number of carbonyl (C=O) groups is 1. The summed E-state index contributed by atoms with van der Waals surface area (Å²) in [4.78, 5) is 12.5. The normalized spacial score (nSPS) is 11.5. The van der Waals surface area contributed by atoms with Crippen LogP contribution < -0.4 is 5.43 Å². The minimum absolute atomic E-state index is 0.115. The maximum Gasteiger partial charge on any atom is 0.250 e. The van der Waals surface area contributed by atoms with Gasteiger partial charge in [0.2, 0.25) is 0 Å². The Balaban J connectivity index is 1.51. The molecule has 1 N–H and O–H groups in total. The van der Waals surface area contributed by atoms with Crippen molar-refractivity contribution in [2.45, 2.75) is 12.1 Å². The van der Waals surface area contributed by atoms with Gasteiger partial charge < -0.3 is 0 Å². The molecule has 0 saturated heterocycles. The molecule has 0 radical (unpaired) electrons. The van der Waals surface area contributed by atoms with Crippen LogP contribution in [0.4, 0.5) is 0 Å². The number of amides is 1. The van der Waals surface area contributed by atoms with Crippen molar-refractivity contribution in [1.82, 2.24) is 20.2 Å². The summed E-state index contributed by atoms with van der Waals surface area (Å²) in [5.74, 6) is 0.538. The predicted molar refractivity (Wildman–Crippen MR) is 142 cm³/mol. The summed E-state index contributed by atoms with van der Waals surface area (Å²) >= 11 is 16.8. The average Bonchev–Trinajstić information content (AvgIpc) is 3.28. The van der Waals surface area contributed by atoms with Gasteiger partial charge in [-0.05, 0) is 48.9 Å². The minimum atomic E-state index is -0.266. The summed E-state index contributed by atoms with van der Waals surface area (Å²) in [6.07, 6.45) is 0. The Morgan fingerprint density at radius 3 is 2.47 bits per heavy atom. The summed E-state index contributed by atoms with van der Waals surface area (Å²) in [6.45, 7) is 1.78. The van der Waals surface area contributed by atoms with E-state index in [0.717, 1.165) is 21.3 Å². The number of carbonyl (C=O) groups excluding carboxylic acids is 1. The lowest BCUT2D eigenvalue weighted by atomic mass is 10.1. The SMILES string of the molecule is C/C(=N/NC(=O)CSc1nnc(-c2ccc(Br)cc2)n1-c1ccccc1)c1ccc(Cl)c(Cl)c1. The lowest BCUT2D eigenvalue weighted by Crippen LogP contribution is -2.21. The molecule has 1 aromatic heterocycles. The van der Waals surface area contributed by atoms with E-state index in [-0.39, 0.29) is 11.7 Å². The summed E-state index contributed by atoms with van der Waals surface area (Å²) in [6, 6.07) is 22.8. The van der Waals surface area contributed by atoms with E-state index < -0.39 is 0 Å². The molecular formula is C24H18BrCl2N5OS. The monoisotopic (exact) mass is 573 g/mol. The second-order valence-corrected chi connectivity index (χ2v) is 9.81. The zero-order chi connectivity index (χ0) is 24.1. The Bertz CT molecular complexity index is 1340. The van der Waals surface area contributed by atoms with Crippen molar-refractivity contribution in [3.63, 3.8) is 0 Å². The molecule has 0 fully saturated rings. The number of nitrogens with one attached hydrogen (secondary N) is 1. The first kappa shape index (κ1) is 24.5.